The van der Waals surface area contributed by atoms with Crippen LogP contribution < -0.4 is 5.32 Å². The molecule has 0 saturated carbocycles. The molecule has 1 N–H and O–H groups in total. The highest BCUT2D eigenvalue weighted by Gasteiger charge is 2.28. The predicted octanol–water partition coefficient (Wildman–Crippen LogP) is 5.30. The molecule has 0 aliphatic heterocycles. The molecule has 4 rings (SSSR count). The summed E-state index contributed by atoms with van der Waals surface area (Å²) in [6.45, 7) is 7.29. The maximum Gasteiger partial charge on any atom is 0.223 e. The van der Waals surface area contributed by atoms with E-state index in [9.17, 15) is 4.79 Å². The number of anilines is 1. The van der Waals surface area contributed by atoms with Crippen molar-refractivity contribution < 1.29 is 4.79 Å². The third kappa shape index (κ3) is 4.37. The van der Waals surface area contributed by atoms with Crippen molar-refractivity contribution in [2.45, 2.75) is 51.5 Å². The van der Waals surface area contributed by atoms with Crippen LogP contribution in [-0.2, 0) is 18.4 Å². The third-order valence-electron chi connectivity index (χ3n) is 5.58. The van der Waals surface area contributed by atoms with Crippen molar-refractivity contribution in [3.8, 4) is 0 Å². The van der Waals surface area contributed by atoms with Crippen LogP contribution in [0.4, 0.5) is 5.95 Å². The van der Waals surface area contributed by atoms with E-state index in [1.165, 1.54) is 16.7 Å². The Morgan fingerprint density at radius 2 is 1.72 bits per heavy atom. The number of fused-ring (bicyclic) bond motifs is 1. The van der Waals surface area contributed by atoms with Crippen molar-refractivity contribution in [1.29, 1.82) is 0 Å². The molecule has 1 aliphatic carbocycles. The topological polar surface area (TPSA) is 54.9 Å². The smallest absolute Gasteiger partial charge is 0.223 e. The van der Waals surface area contributed by atoms with E-state index in [0.717, 1.165) is 12.1 Å². The number of Topliss-reactive ketones (excluding diaryl/α,β-unsaturated/α-hetero) is 1. The van der Waals surface area contributed by atoms with Crippen LogP contribution in [-0.4, -0.2) is 15.8 Å². The fraction of sp³-hybridized carbons (Fsp3) is 0.320. The van der Waals surface area contributed by atoms with Crippen LogP contribution in [0.2, 0.25) is 0 Å². The molecule has 0 bridgehead atoms. The minimum atomic E-state index is 0.125. The van der Waals surface area contributed by atoms with Gasteiger partial charge < -0.3 is 5.32 Å². The number of nitrogens with one attached hydrogen (secondary N) is 1. The number of rotatable bonds is 4. The molecule has 4 nitrogen and oxygen atoms in total. The van der Waals surface area contributed by atoms with Gasteiger partial charge in [0.1, 0.15) is 0 Å². The Morgan fingerprint density at radius 1 is 1.00 bits per heavy atom. The van der Waals surface area contributed by atoms with E-state index in [-0.39, 0.29) is 17.1 Å². The quantitative estimate of drug-likeness (QED) is 0.662. The van der Waals surface area contributed by atoms with E-state index in [2.05, 4.69) is 72.5 Å². The predicted molar refractivity (Wildman–Crippen MR) is 116 cm³/mol. The molecule has 0 spiro atoms. The lowest BCUT2D eigenvalue weighted by Gasteiger charge is -2.25. The van der Waals surface area contributed by atoms with Gasteiger partial charge in [-0.15, -0.1) is 0 Å². The monoisotopic (exact) mass is 385 g/mol. The molecule has 0 amide bonds. The van der Waals surface area contributed by atoms with Crippen molar-refractivity contribution in [2.24, 2.45) is 0 Å². The summed E-state index contributed by atoms with van der Waals surface area (Å²) >= 11 is 0. The van der Waals surface area contributed by atoms with Gasteiger partial charge in [-0.1, -0.05) is 75.4 Å². The van der Waals surface area contributed by atoms with E-state index >= 15 is 0 Å². The van der Waals surface area contributed by atoms with Gasteiger partial charge in [0.15, 0.2) is 5.78 Å². The SMILES string of the molecule is CC(C)(C)c1ccc(C2CC(=O)c3cnc(NCc4ccccc4)nc3C2)cc1. The fourth-order valence-corrected chi connectivity index (χ4v) is 3.80. The maximum absolute atomic E-state index is 12.7. The molecule has 148 valence electrons. The molecule has 0 fully saturated rings. The fourth-order valence-electron chi connectivity index (χ4n) is 3.80. The summed E-state index contributed by atoms with van der Waals surface area (Å²) in [4.78, 5) is 21.7. The molecular weight excluding hydrogens is 358 g/mol. The average Bonchev–Trinajstić information content (AvgIpc) is 2.72. The number of benzene rings is 2. The van der Waals surface area contributed by atoms with Gasteiger partial charge in [0, 0.05) is 19.2 Å². The van der Waals surface area contributed by atoms with Gasteiger partial charge in [0.25, 0.3) is 0 Å². The second-order valence-corrected chi connectivity index (χ2v) is 8.79. The Bertz CT molecular complexity index is 1000. The van der Waals surface area contributed by atoms with Crippen LogP contribution in [0.25, 0.3) is 0 Å². The van der Waals surface area contributed by atoms with Gasteiger partial charge >= 0.3 is 0 Å². The summed E-state index contributed by atoms with van der Waals surface area (Å²) in [5.41, 5.74) is 5.31. The molecule has 0 saturated heterocycles. The number of aromatic nitrogens is 2. The van der Waals surface area contributed by atoms with E-state index in [1.807, 2.05) is 18.2 Å². The second-order valence-electron chi connectivity index (χ2n) is 8.79. The van der Waals surface area contributed by atoms with Crippen molar-refractivity contribution in [3.63, 3.8) is 0 Å². The van der Waals surface area contributed by atoms with Crippen LogP contribution in [0.1, 0.15) is 65.9 Å². The zero-order valence-electron chi connectivity index (χ0n) is 17.3. The number of nitrogens with zero attached hydrogens (tertiary/aromatic N) is 2. The summed E-state index contributed by atoms with van der Waals surface area (Å²) in [5, 5.41) is 3.27. The van der Waals surface area contributed by atoms with E-state index in [4.69, 9.17) is 0 Å². The minimum Gasteiger partial charge on any atom is -0.350 e. The first-order valence-electron chi connectivity index (χ1n) is 10.2. The lowest BCUT2D eigenvalue weighted by molar-refractivity contribution is 0.0962. The molecule has 3 aromatic rings. The lowest BCUT2D eigenvalue weighted by Crippen LogP contribution is -2.21. The lowest BCUT2D eigenvalue weighted by atomic mass is 9.80. The van der Waals surface area contributed by atoms with Crippen molar-refractivity contribution in [3.05, 3.63) is 88.7 Å². The molecule has 1 heterocycles. The highest BCUT2D eigenvalue weighted by atomic mass is 16.1. The Kier molecular flexibility index (Phi) is 5.18. The summed E-state index contributed by atoms with van der Waals surface area (Å²) < 4.78 is 0. The van der Waals surface area contributed by atoms with Gasteiger partial charge in [0.2, 0.25) is 5.95 Å². The van der Waals surface area contributed by atoms with E-state index in [1.54, 1.807) is 6.20 Å². The first-order valence-corrected chi connectivity index (χ1v) is 10.2. The number of hydrogen-bond acceptors (Lipinski definition) is 4. The number of carbonyl (C=O) groups excluding carboxylic acids is 1. The first kappa shape index (κ1) is 19.3. The molecule has 4 heteroatoms. The standard InChI is InChI=1S/C25H27N3O/c1-25(2,3)20-11-9-18(10-12-20)19-13-22-21(23(29)14-19)16-27-24(28-22)26-15-17-7-5-4-6-8-17/h4-12,16,19H,13-15H2,1-3H3,(H,26,27,28). The molecule has 1 unspecified atom stereocenters. The van der Waals surface area contributed by atoms with E-state index < -0.39 is 0 Å². The summed E-state index contributed by atoms with van der Waals surface area (Å²) in [6, 6.07) is 18.8. The van der Waals surface area contributed by atoms with Crippen LogP contribution in [0, 0.1) is 0 Å². The van der Waals surface area contributed by atoms with Crippen molar-refractivity contribution in [2.75, 3.05) is 5.32 Å². The minimum absolute atomic E-state index is 0.125. The molecule has 1 atom stereocenters. The second kappa shape index (κ2) is 7.78. The van der Waals surface area contributed by atoms with Crippen LogP contribution in [0.5, 0.6) is 0 Å². The van der Waals surface area contributed by atoms with E-state index in [0.29, 0.717) is 24.5 Å². The third-order valence-corrected chi connectivity index (χ3v) is 5.58. The average molecular weight is 386 g/mol. The van der Waals surface area contributed by atoms with Gasteiger partial charge in [0.05, 0.1) is 11.3 Å². The highest BCUT2D eigenvalue weighted by Crippen LogP contribution is 2.33. The van der Waals surface area contributed by atoms with Crippen LogP contribution in [0.15, 0.2) is 60.8 Å². The molecule has 1 aliphatic rings. The number of ketones is 1. The molecule has 2 aromatic carbocycles. The maximum atomic E-state index is 12.7. The Hall–Kier alpha value is -3.01. The van der Waals surface area contributed by atoms with Crippen LogP contribution in [0.3, 0.4) is 0 Å². The van der Waals surface area contributed by atoms with Gasteiger partial charge in [-0.2, -0.15) is 0 Å². The van der Waals surface area contributed by atoms with Crippen LogP contribution >= 0.6 is 0 Å². The Morgan fingerprint density at radius 3 is 2.41 bits per heavy atom. The van der Waals surface area contributed by atoms with Gasteiger partial charge in [-0.25, -0.2) is 9.97 Å². The highest BCUT2D eigenvalue weighted by molar-refractivity contribution is 5.98. The molecule has 29 heavy (non-hydrogen) atoms. The first-order chi connectivity index (χ1) is 13.9. The summed E-state index contributed by atoms with van der Waals surface area (Å²) in [7, 11) is 0. The summed E-state index contributed by atoms with van der Waals surface area (Å²) in [5.74, 6) is 0.871. The molecular formula is C25H27N3O. The normalized spacial score (nSPS) is 16.4. The zero-order chi connectivity index (χ0) is 20.4. The van der Waals surface area contributed by atoms with Crippen molar-refractivity contribution in [1.82, 2.24) is 9.97 Å². The summed E-state index contributed by atoms with van der Waals surface area (Å²) in [6.07, 6.45) is 2.96. The van der Waals surface area contributed by atoms with Gasteiger partial charge in [-0.3, -0.25) is 4.79 Å². The van der Waals surface area contributed by atoms with Gasteiger partial charge in [-0.05, 0) is 34.4 Å². The number of hydrogen-bond donors (Lipinski definition) is 1. The molecule has 0 radical (unpaired) electrons. The molecule has 1 aromatic heterocycles. The van der Waals surface area contributed by atoms with Crippen molar-refractivity contribution >= 4 is 11.7 Å². The Balaban J connectivity index is 1.52. The Labute approximate surface area is 172 Å². The number of carbonyl (C=O) groups is 1. The zero-order valence-corrected chi connectivity index (χ0v) is 17.3. The largest absolute Gasteiger partial charge is 0.350 e.